The number of phenols is 2. The van der Waals surface area contributed by atoms with Gasteiger partial charge in [0.25, 0.3) is 0 Å². The van der Waals surface area contributed by atoms with Gasteiger partial charge in [-0.3, -0.25) is 4.79 Å². The average molecular weight is 430 g/mol. The zero-order chi connectivity index (χ0) is 22.4. The van der Waals surface area contributed by atoms with Gasteiger partial charge in [0.1, 0.15) is 47.1 Å². The van der Waals surface area contributed by atoms with Crippen molar-refractivity contribution in [2.24, 2.45) is 0 Å². The minimum atomic E-state index is -1.94. The monoisotopic (exact) mass is 430 g/mol. The Morgan fingerprint density at radius 3 is 2.23 bits per heavy atom. The molecule has 0 aliphatic carbocycles. The predicted molar refractivity (Wildman–Crippen MR) is 105 cm³/mol. The third-order valence-corrected chi connectivity index (χ3v) is 5.20. The molecule has 4 rings (SSSR count). The molecule has 10 heteroatoms. The fraction of sp³-hybridized carbons (Fsp3) is 0.238. The molecule has 2 aromatic carbocycles. The number of aliphatic hydroxyl groups is 3. The molecule has 31 heavy (non-hydrogen) atoms. The fourth-order valence-electron chi connectivity index (χ4n) is 3.66. The molecular weight excluding hydrogens is 412 g/mol. The number of hydrogen-bond acceptors (Lipinski definition) is 9. The van der Waals surface area contributed by atoms with Gasteiger partial charge in [-0.25, -0.2) is 4.79 Å². The number of carboxylic acid groups (broad SMARTS) is 1. The number of phenolic OH excluding ortho intramolecular Hbond substituents is 2. The van der Waals surface area contributed by atoms with Crippen molar-refractivity contribution < 1.29 is 44.6 Å². The Balaban J connectivity index is 1.98. The summed E-state index contributed by atoms with van der Waals surface area (Å²) in [6.07, 6.45) is -9.39. The van der Waals surface area contributed by atoms with Gasteiger partial charge >= 0.3 is 5.97 Å². The lowest BCUT2D eigenvalue weighted by molar-refractivity contribution is -0.229. The average Bonchev–Trinajstić information content (AvgIpc) is 2.73. The number of carboxylic acids is 1. The van der Waals surface area contributed by atoms with E-state index >= 15 is 0 Å². The van der Waals surface area contributed by atoms with Crippen molar-refractivity contribution >= 4 is 16.9 Å². The second-order valence-electron chi connectivity index (χ2n) is 7.16. The number of carbonyl (C=O) groups is 1. The first-order valence-corrected chi connectivity index (χ1v) is 9.21. The van der Waals surface area contributed by atoms with Crippen LogP contribution in [0.1, 0.15) is 11.7 Å². The third-order valence-electron chi connectivity index (χ3n) is 5.20. The van der Waals surface area contributed by atoms with E-state index in [1.54, 1.807) is 30.3 Å². The van der Waals surface area contributed by atoms with E-state index in [1.165, 1.54) is 0 Å². The van der Waals surface area contributed by atoms with Crippen molar-refractivity contribution in [2.45, 2.75) is 30.5 Å². The molecule has 0 radical (unpaired) electrons. The highest BCUT2D eigenvalue weighted by molar-refractivity contribution is 5.89. The first-order valence-electron chi connectivity index (χ1n) is 9.21. The Morgan fingerprint density at radius 2 is 1.58 bits per heavy atom. The number of aliphatic carboxylic acids is 1. The van der Waals surface area contributed by atoms with Gasteiger partial charge in [-0.1, -0.05) is 30.3 Å². The minimum Gasteiger partial charge on any atom is -0.507 e. The molecule has 1 saturated heterocycles. The van der Waals surface area contributed by atoms with E-state index in [4.69, 9.17) is 9.15 Å². The molecule has 0 bridgehead atoms. The summed E-state index contributed by atoms with van der Waals surface area (Å²) in [4.78, 5) is 24.2. The second-order valence-corrected chi connectivity index (χ2v) is 7.16. The first kappa shape index (κ1) is 20.8. The molecule has 0 saturated carbocycles. The zero-order valence-electron chi connectivity index (χ0n) is 15.7. The van der Waals surface area contributed by atoms with Gasteiger partial charge in [-0.2, -0.15) is 0 Å². The molecule has 3 aromatic rings. The summed E-state index contributed by atoms with van der Waals surface area (Å²) in [7, 11) is 0. The van der Waals surface area contributed by atoms with Crippen molar-refractivity contribution in [1.82, 2.24) is 0 Å². The Kier molecular flexibility index (Phi) is 5.15. The number of aliphatic hydroxyl groups excluding tert-OH is 3. The minimum absolute atomic E-state index is 0.0741. The van der Waals surface area contributed by atoms with Crippen molar-refractivity contribution in [3.8, 4) is 22.8 Å². The summed E-state index contributed by atoms with van der Waals surface area (Å²) in [5, 5.41) is 60.1. The van der Waals surface area contributed by atoms with Crippen LogP contribution < -0.4 is 5.43 Å². The molecule has 2 heterocycles. The van der Waals surface area contributed by atoms with E-state index in [9.17, 15) is 40.2 Å². The number of fused-ring (bicyclic) bond motifs is 1. The quantitative estimate of drug-likeness (QED) is 0.342. The van der Waals surface area contributed by atoms with Crippen LogP contribution in [-0.4, -0.2) is 61.0 Å². The van der Waals surface area contributed by atoms with Crippen LogP contribution >= 0.6 is 0 Å². The molecule has 1 fully saturated rings. The smallest absolute Gasteiger partial charge is 0.335 e. The van der Waals surface area contributed by atoms with Crippen LogP contribution in [0.4, 0.5) is 0 Å². The topological polar surface area (TPSA) is 178 Å². The largest absolute Gasteiger partial charge is 0.507 e. The Hall–Kier alpha value is -3.44. The molecule has 6 N–H and O–H groups in total. The Bertz CT molecular complexity index is 1200. The summed E-state index contributed by atoms with van der Waals surface area (Å²) in [5.74, 6) is -2.82. The van der Waals surface area contributed by atoms with Crippen LogP contribution in [0.2, 0.25) is 0 Å². The normalized spacial score (nSPS) is 26.1. The van der Waals surface area contributed by atoms with Gasteiger partial charge in [0.05, 0.1) is 5.56 Å². The van der Waals surface area contributed by atoms with Gasteiger partial charge in [-0.15, -0.1) is 0 Å². The van der Waals surface area contributed by atoms with Gasteiger partial charge < -0.3 is 39.8 Å². The van der Waals surface area contributed by atoms with Gasteiger partial charge in [0.2, 0.25) is 0 Å². The van der Waals surface area contributed by atoms with Crippen LogP contribution in [0, 0.1) is 0 Å². The van der Waals surface area contributed by atoms with Crippen LogP contribution in [0.15, 0.2) is 51.7 Å². The maximum Gasteiger partial charge on any atom is 0.335 e. The Morgan fingerprint density at radius 1 is 0.903 bits per heavy atom. The SMILES string of the molecule is O=C(O)[C@H]1O[C@@H](c2c(O)cc(O)c3c(=O)cc(-c4ccccc4)oc23)[C@H](O)[C@@H](O)[C@@H]1O. The standard InChI is InChI=1S/C21H18O10/c22-9-6-10(23)14(19-16(26)15(25)17(27)20(31-19)21(28)29)18-13(9)11(24)7-12(30-18)8-4-2-1-3-5-8/h1-7,15-17,19-20,22-23,25-27H,(H,28,29)/t15-,16-,17+,19+,20+/m1/s1. The number of benzene rings is 2. The second kappa shape index (κ2) is 7.67. The molecule has 0 amide bonds. The summed E-state index contributed by atoms with van der Waals surface area (Å²) in [6, 6.07) is 10.4. The van der Waals surface area contributed by atoms with Crippen molar-refractivity contribution in [2.75, 3.05) is 0 Å². The van der Waals surface area contributed by atoms with E-state index in [1.807, 2.05) is 0 Å². The highest BCUT2D eigenvalue weighted by atomic mass is 16.6. The van der Waals surface area contributed by atoms with E-state index < -0.39 is 53.4 Å². The lowest BCUT2D eigenvalue weighted by Gasteiger charge is -2.39. The molecule has 0 spiro atoms. The highest BCUT2D eigenvalue weighted by Gasteiger charge is 2.49. The van der Waals surface area contributed by atoms with E-state index in [2.05, 4.69) is 0 Å². The van der Waals surface area contributed by atoms with Crippen molar-refractivity contribution in [3.05, 3.63) is 58.3 Å². The van der Waals surface area contributed by atoms with Crippen LogP contribution in [-0.2, 0) is 9.53 Å². The predicted octanol–water partition coefficient (Wildman–Crippen LogP) is 0.478. The van der Waals surface area contributed by atoms with Crippen LogP contribution in [0.5, 0.6) is 11.5 Å². The van der Waals surface area contributed by atoms with E-state index in [0.717, 1.165) is 12.1 Å². The van der Waals surface area contributed by atoms with Gasteiger partial charge in [0, 0.05) is 17.7 Å². The fourth-order valence-corrected chi connectivity index (χ4v) is 3.66. The lowest BCUT2D eigenvalue weighted by atomic mass is 9.89. The maximum atomic E-state index is 12.7. The van der Waals surface area contributed by atoms with E-state index in [0.29, 0.717) is 5.56 Å². The molecular formula is C21H18O10. The van der Waals surface area contributed by atoms with Crippen LogP contribution in [0.25, 0.3) is 22.3 Å². The summed E-state index contributed by atoms with van der Waals surface area (Å²) in [5.41, 5.74) is -0.883. The molecule has 0 unspecified atom stereocenters. The zero-order valence-corrected chi connectivity index (χ0v) is 15.7. The molecule has 1 aliphatic heterocycles. The molecule has 1 aliphatic rings. The summed E-state index contributed by atoms with van der Waals surface area (Å²) in [6.45, 7) is 0. The maximum absolute atomic E-state index is 12.7. The summed E-state index contributed by atoms with van der Waals surface area (Å²) < 4.78 is 11.1. The Labute approximate surface area is 173 Å². The van der Waals surface area contributed by atoms with Gasteiger partial charge in [0.15, 0.2) is 17.1 Å². The third kappa shape index (κ3) is 3.41. The number of aromatic hydroxyl groups is 2. The number of rotatable bonds is 3. The molecule has 162 valence electrons. The van der Waals surface area contributed by atoms with Gasteiger partial charge in [-0.05, 0) is 0 Å². The summed E-state index contributed by atoms with van der Waals surface area (Å²) >= 11 is 0. The van der Waals surface area contributed by atoms with E-state index in [-0.39, 0.29) is 22.3 Å². The lowest BCUT2D eigenvalue weighted by Crippen LogP contribution is -2.56. The number of hydrogen-bond donors (Lipinski definition) is 6. The molecule has 10 nitrogen and oxygen atoms in total. The molecule has 1 aromatic heterocycles. The van der Waals surface area contributed by atoms with Crippen molar-refractivity contribution in [3.63, 3.8) is 0 Å². The highest BCUT2D eigenvalue weighted by Crippen LogP contribution is 2.43. The number of ether oxygens (including phenoxy) is 1. The molecule has 5 atom stereocenters. The van der Waals surface area contributed by atoms with Crippen LogP contribution in [0.3, 0.4) is 0 Å². The first-order chi connectivity index (χ1) is 14.7. The van der Waals surface area contributed by atoms with Crippen molar-refractivity contribution in [1.29, 1.82) is 0 Å².